The third-order valence-corrected chi connectivity index (χ3v) is 7.74. The molecular formula is C37H67N3O11. The van der Waals surface area contributed by atoms with Gasteiger partial charge in [0.1, 0.15) is 33.0 Å². The SMILES string of the molecule is C=C(C)C(=O)CCC(C)NCCC(=O)OCC(CC)(COC(=O)CCNC(C)COC(=O)C(=C)C)COC(=O)CCNC(C)COC(=O)C(=C)C.[HH].[HH].[HH]. The molecule has 3 N–H and O–H groups in total. The molecule has 3 unspecified atom stereocenters. The van der Waals surface area contributed by atoms with Crippen LogP contribution in [0.3, 0.4) is 0 Å². The molecule has 0 rings (SSSR count). The number of esters is 5. The highest BCUT2D eigenvalue weighted by molar-refractivity contribution is 5.94. The zero-order valence-electron chi connectivity index (χ0n) is 31.7. The number of ether oxygens (including phenoxy) is 5. The number of hydrogen-bond donors (Lipinski definition) is 3. The average molecular weight is 730 g/mol. The fraction of sp³-hybridized carbons (Fsp3) is 0.676. The van der Waals surface area contributed by atoms with Crippen molar-refractivity contribution in [3.8, 4) is 0 Å². The number of ketones is 1. The molecule has 0 aromatic heterocycles. The average Bonchev–Trinajstić information content (AvgIpc) is 3.08. The Labute approximate surface area is 307 Å². The van der Waals surface area contributed by atoms with Crippen molar-refractivity contribution in [2.24, 2.45) is 5.41 Å². The molecule has 51 heavy (non-hydrogen) atoms. The van der Waals surface area contributed by atoms with E-state index in [1.54, 1.807) is 34.6 Å². The summed E-state index contributed by atoms with van der Waals surface area (Å²) >= 11 is 0. The van der Waals surface area contributed by atoms with E-state index in [9.17, 15) is 28.8 Å². The van der Waals surface area contributed by atoms with E-state index in [0.29, 0.717) is 42.5 Å². The molecule has 0 aliphatic carbocycles. The Morgan fingerprint density at radius 1 is 0.569 bits per heavy atom. The third kappa shape index (κ3) is 23.3. The number of allylic oxidation sites excluding steroid dienone is 1. The van der Waals surface area contributed by atoms with Crippen LogP contribution < -0.4 is 16.0 Å². The predicted molar refractivity (Wildman–Crippen MR) is 199 cm³/mol. The maximum absolute atomic E-state index is 12.7. The molecule has 0 saturated carbocycles. The summed E-state index contributed by atoms with van der Waals surface area (Å²) in [6, 6.07) is -0.424. The molecule has 0 bridgehead atoms. The molecule has 0 aliphatic heterocycles. The first kappa shape index (κ1) is 47.1. The van der Waals surface area contributed by atoms with E-state index in [4.69, 9.17) is 23.7 Å². The topological polar surface area (TPSA) is 185 Å². The van der Waals surface area contributed by atoms with Crippen molar-refractivity contribution in [2.45, 2.75) is 105 Å². The van der Waals surface area contributed by atoms with Crippen LogP contribution in [0.1, 0.15) is 91.3 Å². The van der Waals surface area contributed by atoms with Crippen molar-refractivity contribution in [1.29, 1.82) is 0 Å². The minimum atomic E-state index is -1.00. The number of carbonyl (C=O) groups excluding carboxylic acids is 6. The van der Waals surface area contributed by atoms with Crippen molar-refractivity contribution < 1.29 is 56.7 Å². The summed E-state index contributed by atoms with van der Waals surface area (Å²) in [5, 5.41) is 9.37. The lowest BCUT2D eigenvalue weighted by Crippen LogP contribution is -2.40. The lowest BCUT2D eigenvalue weighted by molar-refractivity contribution is -0.162. The van der Waals surface area contributed by atoms with Gasteiger partial charge in [0.25, 0.3) is 0 Å². The van der Waals surface area contributed by atoms with Gasteiger partial charge in [-0.2, -0.15) is 0 Å². The van der Waals surface area contributed by atoms with Crippen molar-refractivity contribution in [3.05, 3.63) is 36.5 Å². The third-order valence-electron chi connectivity index (χ3n) is 7.74. The quantitative estimate of drug-likeness (QED) is 0.0570. The summed E-state index contributed by atoms with van der Waals surface area (Å²) < 4.78 is 26.9. The summed E-state index contributed by atoms with van der Waals surface area (Å²) in [6.45, 7) is 23.4. The van der Waals surface area contributed by atoms with Crippen molar-refractivity contribution in [3.63, 3.8) is 0 Å². The predicted octanol–water partition coefficient (Wildman–Crippen LogP) is 4.02. The fourth-order valence-corrected chi connectivity index (χ4v) is 4.04. The number of carbonyl (C=O) groups is 6. The van der Waals surface area contributed by atoms with Crippen LogP contribution in [-0.4, -0.2) is 106 Å². The maximum Gasteiger partial charge on any atom is 0.333 e. The van der Waals surface area contributed by atoms with E-state index in [2.05, 4.69) is 35.7 Å². The molecule has 0 fully saturated rings. The first-order valence-electron chi connectivity index (χ1n) is 17.4. The van der Waals surface area contributed by atoms with E-state index >= 15 is 0 Å². The first-order chi connectivity index (χ1) is 23.9. The van der Waals surface area contributed by atoms with Gasteiger partial charge in [-0.3, -0.25) is 19.2 Å². The van der Waals surface area contributed by atoms with E-state index in [0.717, 1.165) is 0 Å². The van der Waals surface area contributed by atoms with Gasteiger partial charge in [-0.1, -0.05) is 26.7 Å². The molecule has 0 saturated heterocycles. The summed E-state index contributed by atoms with van der Waals surface area (Å²) in [4.78, 5) is 72.9. The maximum atomic E-state index is 12.7. The van der Waals surface area contributed by atoms with Gasteiger partial charge in [-0.05, 0) is 60.0 Å². The van der Waals surface area contributed by atoms with Gasteiger partial charge in [-0.15, -0.1) is 0 Å². The van der Waals surface area contributed by atoms with Gasteiger partial charge in [0.05, 0.1) is 24.7 Å². The van der Waals surface area contributed by atoms with E-state index in [1.165, 1.54) is 0 Å². The van der Waals surface area contributed by atoms with Crippen LogP contribution in [-0.2, 0) is 52.5 Å². The van der Waals surface area contributed by atoms with Crippen molar-refractivity contribution >= 4 is 35.6 Å². The molecule has 3 atom stereocenters. The van der Waals surface area contributed by atoms with Crippen LogP contribution in [0.2, 0.25) is 0 Å². The highest BCUT2D eigenvalue weighted by Crippen LogP contribution is 2.25. The summed E-state index contributed by atoms with van der Waals surface area (Å²) in [5.74, 6) is -2.51. The molecule has 0 aliphatic rings. The van der Waals surface area contributed by atoms with Crippen molar-refractivity contribution in [2.75, 3.05) is 52.7 Å². The normalized spacial score (nSPS) is 13.8. The standard InChI is InChI=1S/C37H61N3O11.3H2/c1-11-37(22-49-32(42)14-17-38-28(8)12-13-31(41)25(2)3,23-50-33(43)15-18-39-29(9)20-47-35(45)26(4)5)24-51-34(44)16-19-40-30(10)21-48-36(46)27(6)7;;;/h28-30,38-40H,2,4,6,11-24H2,1,3,5,7-10H3;3*1H. The van der Waals surface area contributed by atoms with E-state index in [-0.39, 0.29) is 93.6 Å². The zero-order chi connectivity index (χ0) is 39.0. The monoisotopic (exact) mass is 729 g/mol. The second-order valence-electron chi connectivity index (χ2n) is 13.2. The summed E-state index contributed by atoms with van der Waals surface area (Å²) in [5.41, 5.74) is 0.0966. The molecule has 14 heteroatoms. The van der Waals surface area contributed by atoms with Gasteiger partial charge < -0.3 is 39.6 Å². The van der Waals surface area contributed by atoms with Crippen LogP contribution in [0.15, 0.2) is 36.5 Å². The van der Waals surface area contributed by atoms with Crippen LogP contribution in [0, 0.1) is 5.41 Å². The summed E-state index contributed by atoms with van der Waals surface area (Å²) in [6.07, 6.45) is 1.43. The molecule has 0 heterocycles. The molecular weight excluding hydrogens is 662 g/mol. The molecule has 0 radical (unpaired) electrons. The van der Waals surface area contributed by atoms with Gasteiger partial charge >= 0.3 is 29.8 Å². The largest absolute Gasteiger partial charge is 0.465 e. The molecule has 0 aromatic carbocycles. The van der Waals surface area contributed by atoms with E-state index < -0.39 is 35.3 Å². The number of Topliss-reactive ketones (excluding diaryl/α,β-unsaturated/α-hetero) is 1. The molecule has 0 spiro atoms. The van der Waals surface area contributed by atoms with Gasteiger partial charge in [0.15, 0.2) is 5.78 Å². The van der Waals surface area contributed by atoms with Crippen LogP contribution >= 0.6 is 0 Å². The van der Waals surface area contributed by atoms with Gasteiger partial charge in [-0.25, -0.2) is 9.59 Å². The van der Waals surface area contributed by atoms with Crippen LogP contribution in [0.5, 0.6) is 0 Å². The number of rotatable bonds is 29. The molecule has 14 nitrogen and oxygen atoms in total. The van der Waals surface area contributed by atoms with Crippen molar-refractivity contribution in [1.82, 2.24) is 16.0 Å². The Morgan fingerprint density at radius 3 is 1.24 bits per heavy atom. The fourth-order valence-electron chi connectivity index (χ4n) is 4.04. The molecule has 0 amide bonds. The van der Waals surface area contributed by atoms with E-state index in [1.807, 2.05) is 13.8 Å². The Bertz CT molecular complexity index is 1080. The number of hydrogen-bond acceptors (Lipinski definition) is 14. The summed E-state index contributed by atoms with van der Waals surface area (Å²) in [7, 11) is 0. The molecule has 0 aromatic rings. The zero-order valence-corrected chi connectivity index (χ0v) is 31.7. The Hall–Kier alpha value is -3.88. The van der Waals surface area contributed by atoms with Crippen LogP contribution in [0.4, 0.5) is 0 Å². The first-order valence-corrected chi connectivity index (χ1v) is 17.4. The number of nitrogens with one attached hydrogen (secondary N) is 3. The highest BCUT2D eigenvalue weighted by Gasteiger charge is 2.34. The Kier molecular flexibility index (Phi) is 24.0. The minimum Gasteiger partial charge on any atom is -0.465 e. The van der Waals surface area contributed by atoms with Crippen LogP contribution in [0.25, 0.3) is 0 Å². The van der Waals surface area contributed by atoms with Gasteiger partial charge in [0.2, 0.25) is 0 Å². The lowest BCUT2D eigenvalue weighted by atomic mass is 9.88. The smallest absolute Gasteiger partial charge is 0.333 e. The molecule has 296 valence electrons. The lowest BCUT2D eigenvalue weighted by Gasteiger charge is -2.31. The Morgan fingerprint density at radius 2 is 0.922 bits per heavy atom. The second kappa shape index (κ2) is 26.0. The minimum absolute atomic E-state index is 0. The highest BCUT2D eigenvalue weighted by atomic mass is 16.6. The second-order valence-corrected chi connectivity index (χ2v) is 13.2. The Balaban J connectivity index is -0.00000417. The van der Waals surface area contributed by atoms with Gasteiger partial charge in [0, 0.05) is 59.6 Å².